The van der Waals surface area contributed by atoms with Gasteiger partial charge in [0, 0.05) is 28.4 Å². The Morgan fingerprint density at radius 3 is 2.78 bits per heavy atom. The maximum Gasteiger partial charge on any atom is 0.330 e. The molecule has 2 bridgehead atoms. The van der Waals surface area contributed by atoms with Crippen molar-refractivity contribution in [2.45, 2.75) is 95.7 Å². The van der Waals surface area contributed by atoms with Crippen LogP contribution in [0.5, 0.6) is 0 Å². The van der Waals surface area contributed by atoms with E-state index < -0.39 is 0 Å². The molecule has 7 atom stereocenters. The highest BCUT2D eigenvalue weighted by molar-refractivity contribution is 7.09. The van der Waals surface area contributed by atoms with E-state index in [4.69, 9.17) is 18.7 Å². The molecule has 3 rings (SSSR count). The van der Waals surface area contributed by atoms with Crippen molar-refractivity contribution >= 4 is 15.4 Å². The summed E-state index contributed by atoms with van der Waals surface area (Å²) < 4.78 is 23.5. The van der Waals surface area contributed by atoms with Gasteiger partial charge in [0.05, 0.1) is 31.0 Å². The van der Waals surface area contributed by atoms with Crippen molar-refractivity contribution in [2.24, 2.45) is 5.92 Å². The van der Waals surface area contributed by atoms with Gasteiger partial charge in [-0.1, -0.05) is 73.3 Å². The highest BCUT2D eigenvalue weighted by atomic mass is 31.0. The van der Waals surface area contributed by atoms with Crippen LogP contribution in [0.2, 0.25) is 0 Å². The van der Waals surface area contributed by atoms with Crippen LogP contribution >= 0.6 is 9.47 Å². The summed E-state index contributed by atoms with van der Waals surface area (Å²) in [5.41, 5.74) is 2.52. The van der Waals surface area contributed by atoms with E-state index in [1.54, 1.807) is 0 Å². The minimum absolute atomic E-state index is 0.00774. The normalized spacial score (nSPS) is 34.9. The number of fused-ring (bicyclic) bond motifs is 2. The second kappa shape index (κ2) is 15.5. The Bertz CT molecular complexity index is 871. The lowest BCUT2D eigenvalue weighted by Crippen LogP contribution is -2.25. The Kier molecular flexibility index (Phi) is 12.4. The van der Waals surface area contributed by atoms with Gasteiger partial charge < -0.3 is 18.7 Å². The van der Waals surface area contributed by atoms with E-state index in [-0.39, 0.29) is 36.5 Å². The second-order valence-corrected chi connectivity index (χ2v) is 10.6. The SMILES string of the molecule is C=C1C[C@H](C)C[C@@H]2CC=C[C@@H](C/C=C\C(=O)O[C@H](C/C=C/[C@@H]3CC(C)=CCO3)C/C=C/[C@@H](OP)C1)O2. The number of cyclic esters (lactones) is 1. The lowest BCUT2D eigenvalue weighted by atomic mass is 9.91. The zero-order chi connectivity index (χ0) is 25.8. The van der Waals surface area contributed by atoms with Gasteiger partial charge in [-0.15, -0.1) is 0 Å². The van der Waals surface area contributed by atoms with Crippen LogP contribution in [-0.4, -0.2) is 43.1 Å². The Labute approximate surface area is 219 Å². The number of hydrogen-bond donors (Lipinski definition) is 0. The van der Waals surface area contributed by atoms with Crippen molar-refractivity contribution in [3.8, 4) is 0 Å². The van der Waals surface area contributed by atoms with Crippen LogP contribution in [0, 0.1) is 5.92 Å². The molecule has 198 valence electrons. The predicted octanol–water partition coefficient (Wildman–Crippen LogP) is 6.74. The maximum absolute atomic E-state index is 12.6. The smallest absolute Gasteiger partial charge is 0.330 e. The second-order valence-electron chi connectivity index (χ2n) is 10.3. The topological polar surface area (TPSA) is 54.0 Å². The van der Waals surface area contributed by atoms with Gasteiger partial charge in [0.15, 0.2) is 0 Å². The van der Waals surface area contributed by atoms with Crippen molar-refractivity contribution in [1.82, 2.24) is 0 Å². The number of esters is 1. The number of rotatable bonds is 4. The summed E-state index contributed by atoms with van der Waals surface area (Å²) in [6.45, 7) is 9.34. The first kappa shape index (κ1) is 28.8. The predicted molar refractivity (Wildman–Crippen MR) is 148 cm³/mol. The molecule has 5 nitrogen and oxygen atoms in total. The van der Waals surface area contributed by atoms with Crippen molar-refractivity contribution in [3.05, 3.63) is 72.4 Å². The van der Waals surface area contributed by atoms with E-state index in [0.717, 1.165) is 32.1 Å². The lowest BCUT2D eigenvalue weighted by molar-refractivity contribution is -0.142. The monoisotopic (exact) mass is 514 g/mol. The summed E-state index contributed by atoms with van der Waals surface area (Å²) in [5.74, 6) is 0.157. The van der Waals surface area contributed by atoms with Crippen LogP contribution in [0.3, 0.4) is 0 Å². The number of carbonyl (C=O) groups excluding carboxylic acids is 1. The van der Waals surface area contributed by atoms with Crippen LogP contribution in [0.15, 0.2) is 72.4 Å². The highest BCUT2D eigenvalue weighted by Crippen LogP contribution is 2.26. The molecule has 0 spiro atoms. The number of ether oxygens (including phenoxy) is 3. The molecule has 6 heteroatoms. The van der Waals surface area contributed by atoms with E-state index in [2.05, 4.69) is 66.3 Å². The Morgan fingerprint density at radius 1 is 1.14 bits per heavy atom. The Morgan fingerprint density at radius 2 is 1.97 bits per heavy atom. The maximum atomic E-state index is 12.6. The fourth-order valence-electron chi connectivity index (χ4n) is 4.93. The zero-order valence-electron chi connectivity index (χ0n) is 21.8. The van der Waals surface area contributed by atoms with Gasteiger partial charge in [0.2, 0.25) is 0 Å². The largest absolute Gasteiger partial charge is 0.459 e. The van der Waals surface area contributed by atoms with Crippen LogP contribution in [-0.2, 0) is 23.5 Å². The Hall–Kier alpha value is -1.78. The van der Waals surface area contributed by atoms with E-state index in [1.165, 1.54) is 17.2 Å². The quantitative estimate of drug-likeness (QED) is 0.236. The first-order chi connectivity index (χ1) is 17.4. The zero-order valence-corrected chi connectivity index (χ0v) is 23.0. The van der Waals surface area contributed by atoms with Gasteiger partial charge >= 0.3 is 5.97 Å². The fraction of sp³-hybridized carbons (Fsp3) is 0.567. The first-order valence-corrected chi connectivity index (χ1v) is 13.7. The van der Waals surface area contributed by atoms with Crippen molar-refractivity contribution in [2.75, 3.05) is 6.61 Å². The minimum atomic E-state index is -0.326. The summed E-state index contributed by atoms with van der Waals surface area (Å²) in [6.07, 6.45) is 24.4. The molecule has 0 saturated carbocycles. The number of hydrogen-bond acceptors (Lipinski definition) is 5. The molecular weight excluding hydrogens is 471 g/mol. The third-order valence-electron chi connectivity index (χ3n) is 6.75. The van der Waals surface area contributed by atoms with Gasteiger partial charge in [-0.3, -0.25) is 0 Å². The molecule has 0 aromatic heterocycles. The van der Waals surface area contributed by atoms with Gasteiger partial charge in [-0.25, -0.2) is 4.79 Å². The fourth-order valence-corrected chi connectivity index (χ4v) is 5.11. The van der Waals surface area contributed by atoms with E-state index in [9.17, 15) is 4.79 Å². The first-order valence-electron chi connectivity index (χ1n) is 13.2. The molecule has 36 heavy (non-hydrogen) atoms. The Balaban J connectivity index is 1.67. The molecule has 0 fully saturated rings. The molecule has 3 aliphatic heterocycles. The molecule has 0 saturated heterocycles. The van der Waals surface area contributed by atoms with Crippen LogP contribution < -0.4 is 0 Å². The van der Waals surface area contributed by atoms with Gasteiger partial charge in [-0.2, -0.15) is 0 Å². The molecule has 0 radical (unpaired) electrons. The average Bonchev–Trinajstić information content (AvgIpc) is 2.83. The summed E-state index contributed by atoms with van der Waals surface area (Å²) >= 11 is 0. The minimum Gasteiger partial charge on any atom is -0.459 e. The van der Waals surface area contributed by atoms with Gasteiger partial charge in [0.25, 0.3) is 0 Å². The summed E-state index contributed by atoms with van der Waals surface area (Å²) in [6, 6.07) is 0. The molecular formula is C30H43O5P. The summed E-state index contributed by atoms with van der Waals surface area (Å²) in [4.78, 5) is 12.6. The van der Waals surface area contributed by atoms with Crippen molar-refractivity contribution in [3.63, 3.8) is 0 Å². The number of carbonyl (C=O) groups is 1. The van der Waals surface area contributed by atoms with E-state index in [1.807, 2.05) is 12.2 Å². The van der Waals surface area contributed by atoms with Crippen molar-refractivity contribution < 1.29 is 23.5 Å². The molecule has 0 aromatic rings. The van der Waals surface area contributed by atoms with Crippen LogP contribution in [0.4, 0.5) is 0 Å². The highest BCUT2D eigenvalue weighted by Gasteiger charge is 2.21. The third kappa shape index (κ3) is 10.7. The van der Waals surface area contributed by atoms with E-state index in [0.29, 0.717) is 31.8 Å². The van der Waals surface area contributed by atoms with Crippen molar-refractivity contribution in [1.29, 1.82) is 0 Å². The molecule has 0 N–H and O–H groups in total. The summed E-state index contributed by atoms with van der Waals surface area (Å²) in [7, 11) is 2.37. The van der Waals surface area contributed by atoms with Gasteiger partial charge in [0.1, 0.15) is 6.10 Å². The standard InChI is InChI=1S/C30H43O5P/c1-22-16-17-32-27(19-22)12-4-9-26-10-6-14-29(35-36)21-24(3)18-23(2)20-28-13-5-8-25(33-28)11-7-15-30(31)34-26/h4-8,12,14-16,23,25-29H,3,9-11,13,17-21,36H2,1-2H3/b12-4+,14-6+,15-7-/t23-,25-,26+,27+,28-,29+/m0/s1. The van der Waals surface area contributed by atoms with Gasteiger partial charge in [-0.05, 0) is 51.4 Å². The molecule has 0 aromatic carbocycles. The van der Waals surface area contributed by atoms with Crippen LogP contribution in [0.1, 0.15) is 65.2 Å². The van der Waals surface area contributed by atoms with E-state index >= 15 is 0 Å². The molecule has 3 heterocycles. The van der Waals surface area contributed by atoms with Crippen LogP contribution in [0.25, 0.3) is 0 Å². The molecule has 0 aliphatic carbocycles. The third-order valence-corrected chi connectivity index (χ3v) is 7.10. The summed E-state index contributed by atoms with van der Waals surface area (Å²) in [5, 5.41) is 0. The average molecular weight is 515 g/mol. The lowest BCUT2D eigenvalue weighted by Gasteiger charge is -2.28. The molecule has 3 aliphatic rings. The molecule has 1 unspecified atom stereocenters. The molecule has 0 amide bonds.